The third kappa shape index (κ3) is 5.41. The van der Waals surface area contributed by atoms with Crippen LogP contribution in [0.1, 0.15) is 18.1 Å². The van der Waals surface area contributed by atoms with Gasteiger partial charge in [0.1, 0.15) is 10.6 Å². The van der Waals surface area contributed by atoms with Crippen molar-refractivity contribution >= 4 is 32.8 Å². The molecule has 0 aromatic heterocycles. The minimum Gasteiger partial charge on any atom is -0.497 e. The topological polar surface area (TPSA) is 123 Å². The fraction of sp³-hybridized carbons (Fsp3) is 0.136. The number of nitrogens with one attached hydrogen (secondary N) is 2. The predicted molar refractivity (Wildman–Crippen MR) is 124 cm³/mol. The van der Waals surface area contributed by atoms with Gasteiger partial charge < -0.3 is 4.74 Å². The highest BCUT2D eigenvalue weighted by Crippen LogP contribution is 2.29. The first kappa shape index (κ1) is 22.8. The summed E-state index contributed by atoms with van der Waals surface area (Å²) in [6.45, 7) is 3.74. The molecule has 0 heterocycles. The Labute approximate surface area is 185 Å². The molecule has 0 radical (unpaired) electrons. The summed E-state index contributed by atoms with van der Waals surface area (Å²) in [5.74, 6) is 0.562. The Kier molecular flexibility index (Phi) is 6.74. The molecule has 0 aliphatic heterocycles. The maximum absolute atomic E-state index is 13.1. The molecule has 0 aliphatic rings. The third-order valence-electron chi connectivity index (χ3n) is 4.62. The average molecular weight is 455 g/mol. The van der Waals surface area contributed by atoms with E-state index >= 15 is 0 Å². The van der Waals surface area contributed by atoms with Crippen LogP contribution in [0.3, 0.4) is 0 Å². The van der Waals surface area contributed by atoms with Gasteiger partial charge in [0.15, 0.2) is 0 Å². The quantitative estimate of drug-likeness (QED) is 0.292. The van der Waals surface area contributed by atoms with Crippen molar-refractivity contribution in [3.8, 4) is 5.75 Å². The normalized spacial score (nSPS) is 11.7. The lowest BCUT2D eigenvalue weighted by atomic mass is 10.1. The summed E-state index contributed by atoms with van der Waals surface area (Å²) in [5, 5.41) is 15.5. The number of nitro groups is 1. The zero-order valence-electron chi connectivity index (χ0n) is 17.7. The highest BCUT2D eigenvalue weighted by atomic mass is 32.2. The lowest BCUT2D eigenvalue weighted by Crippen LogP contribution is -2.15. The largest absolute Gasteiger partial charge is 0.497 e. The maximum Gasteiger partial charge on any atom is 0.270 e. The van der Waals surface area contributed by atoms with Crippen LogP contribution in [-0.2, 0) is 10.0 Å². The fourth-order valence-corrected chi connectivity index (χ4v) is 4.05. The summed E-state index contributed by atoms with van der Waals surface area (Å²) in [7, 11) is -2.67. The van der Waals surface area contributed by atoms with Gasteiger partial charge in [-0.25, -0.2) is 8.42 Å². The molecule has 0 bridgehead atoms. The van der Waals surface area contributed by atoms with Crippen molar-refractivity contribution in [1.29, 1.82) is 0 Å². The van der Waals surface area contributed by atoms with Gasteiger partial charge in [-0.3, -0.25) is 20.3 Å². The van der Waals surface area contributed by atoms with E-state index in [0.29, 0.717) is 11.5 Å². The van der Waals surface area contributed by atoms with E-state index in [2.05, 4.69) is 15.2 Å². The van der Waals surface area contributed by atoms with Crippen LogP contribution < -0.4 is 14.9 Å². The zero-order chi connectivity index (χ0) is 23.3. The van der Waals surface area contributed by atoms with Crippen LogP contribution >= 0.6 is 0 Å². The molecule has 2 N–H and O–H groups in total. The van der Waals surface area contributed by atoms with Crippen molar-refractivity contribution in [3.05, 3.63) is 88.0 Å². The summed E-state index contributed by atoms with van der Waals surface area (Å²) in [6.07, 6.45) is 0. The lowest BCUT2D eigenvalue weighted by molar-refractivity contribution is -0.385. The number of aryl methyl sites for hydroxylation is 1. The molecule has 0 saturated carbocycles. The molecule has 0 fully saturated rings. The first-order chi connectivity index (χ1) is 15.2. The number of hydrazone groups is 1. The smallest absolute Gasteiger partial charge is 0.270 e. The molecule has 10 heteroatoms. The van der Waals surface area contributed by atoms with Crippen molar-refractivity contribution in [3.63, 3.8) is 0 Å². The van der Waals surface area contributed by atoms with Gasteiger partial charge in [0.25, 0.3) is 15.7 Å². The van der Waals surface area contributed by atoms with E-state index in [1.54, 1.807) is 19.1 Å². The molecule has 3 aromatic rings. The SMILES string of the molecule is COc1ccc(NS(=O)(=O)c2cc([N+](=O)[O-])ccc2NN=C(C)c2ccc(C)cc2)cc1. The summed E-state index contributed by atoms with van der Waals surface area (Å²) >= 11 is 0. The number of ether oxygens (including phenoxy) is 1. The first-order valence-electron chi connectivity index (χ1n) is 9.52. The molecular weight excluding hydrogens is 432 g/mol. The molecule has 0 atom stereocenters. The van der Waals surface area contributed by atoms with Crippen molar-refractivity contribution in [1.82, 2.24) is 0 Å². The number of rotatable bonds is 8. The molecule has 9 nitrogen and oxygen atoms in total. The molecular formula is C22H22N4O5S. The standard InChI is InChI=1S/C22H22N4O5S/c1-15-4-6-17(7-5-15)16(2)23-24-21-13-10-19(26(27)28)14-22(21)32(29,30)25-18-8-11-20(31-3)12-9-18/h4-14,24-25H,1-3H3. The van der Waals surface area contributed by atoms with Gasteiger partial charge in [-0.2, -0.15) is 5.10 Å². The first-order valence-corrected chi connectivity index (χ1v) is 11.0. The van der Waals surface area contributed by atoms with Crippen LogP contribution in [0.2, 0.25) is 0 Å². The number of methoxy groups -OCH3 is 1. The van der Waals surface area contributed by atoms with Gasteiger partial charge in [-0.05, 0) is 49.7 Å². The second kappa shape index (κ2) is 9.48. The Morgan fingerprint density at radius 2 is 1.69 bits per heavy atom. The Balaban J connectivity index is 1.95. The molecule has 32 heavy (non-hydrogen) atoms. The Hall–Kier alpha value is -3.92. The van der Waals surface area contributed by atoms with Crippen LogP contribution in [0.5, 0.6) is 5.75 Å². The van der Waals surface area contributed by atoms with E-state index in [1.807, 2.05) is 31.2 Å². The van der Waals surface area contributed by atoms with Crippen LogP contribution in [0.15, 0.2) is 76.7 Å². The van der Waals surface area contributed by atoms with E-state index in [4.69, 9.17) is 4.74 Å². The van der Waals surface area contributed by atoms with Crippen molar-refractivity contribution in [2.45, 2.75) is 18.7 Å². The summed E-state index contributed by atoms with van der Waals surface area (Å²) in [6, 6.07) is 17.4. The van der Waals surface area contributed by atoms with Gasteiger partial charge in [0.2, 0.25) is 0 Å². The van der Waals surface area contributed by atoms with Crippen LogP contribution in [0, 0.1) is 17.0 Å². The van der Waals surface area contributed by atoms with Crippen molar-refractivity contribution in [2.24, 2.45) is 5.10 Å². The highest BCUT2D eigenvalue weighted by Gasteiger charge is 2.23. The molecule has 0 spiro atoms. The second-order valence-electron chi connectivity index (χ2n) is 6.95. The Morgan fingerprint density at radius 1 is 1.03 bits per heavy atom. The number of hydrogen-bond acceptors (Lipinski definition) is 7. The number of nitrogens with zero attached hydrogens (tertiary/aromatic N) is 2. The van der Waals surface area contributed by atoms with Gasteiger partial charge in [0, 0.05) is 17.8 Å². The summed E-state index contributed by atoms with van der Waals surface area (Å²) < 4.78 is 33.6. The highest BCUT2D eigenvalue weighted by molar-refractivity contribution is 7.92. The second-order valence-corrected chi connectivity index (χ2v) is 8.60. The van der Waals surface area contributed by atoms with Crippen LogP contribution in [0.25, 0.3) is 0 Å². The predicted octanol–water partition coefficient (Wildman–Crippen LogP) is 4.55. The number of nitro benzene ring substituents is 1. The van der Waals surface area contributed by atoms with Crippen LogP contribution in [0.4, 0.5) is 17.1 Å². The average Bonchev–Trinajstić information content (AvgIpc) is 2.78. The fourth-order valence-electron chi connectivity index (χ4n) is 2.81. The third-order valence-corrected chi connectivity index (χ3v) is 6.04. The molecule has 166 valence electrons. The lowest BCUT2D eigenvalue weighted by Gasteiger charge is -2.13. The molecule has 0 amide bonds. The minimum absolute atomic E-state index is 0.100. The van der Waals surface area contributed by atoms with Crippen LogP contribution in [-0.4, -0.2) is 26.2 Å². The van der Waals surface area contributed by atoms with E-state index in [1.165, 1.54) is 31.4 Å². The van der Waals surface area contributed by atoms with Gasteiger partial charge in [-0.15, -0.1) is 0 Å². The minimum atomic E-state index is -4.16. The molecule has 3 rings (SSSR count). The number of sulfonamides is 1. The number of benzene rings is 3. The zero-order valence-corrected chi connectivity index (χ0v) is 18.5. The summed E-state index contributed by atoms with van der Waals surface area (Å²) in [4.78, 5) is 10.3. The van der Waals surface area contributed by atoms with E-state index < -0.39 is 14.9 Å². The van der Waals surface area contributed by atoms with E-state index in [-0.39, 0.29) is 22.0 Å². The number of hydrogen-bond donors (Lipinski definition) is 2. The van der Waals surface area contributed by atoms with Crippen molar-refractivity contribution in [2.75, 3.05) is 17.3 Å². The molecule has 0 unspecified atom stereocenters. The Bertz CT molecular complexity index is 1250. The van der Waals surface area contributed by atoms with E-state index in [0.717, 1.165) is 17.2 Å². The van der Waals surface area contributed by atoms with Gasteiger partial charge >= 0.3 is 0 Å². The monoisotopic (exact) mass is 454 g/mol. The van der Waals surface area contributed by atoms with Crippen molar-refractivity contribution < 1.29 is 18.1 Å². The molecule has 3 aromatic carbocycles. The summed E-state index contributed by atoms with van der Waals surface area (Å²) in [5.41, 5.74) is 5.32. The maximum atomic E-state index is 13.1. The van der Waals surface area contributed by atoms with Gasteiger partial charge in [-0.1, -0.05) is 29.8 Å². The molecule has 0 saturated heterocycles. The number of non-ortho nitro benzene ring substituents is 1. The molecule has 0 aliphatic carbocycles. The Morgan fingerprint density at radius 3 is 2.28 bits per heavy atom. The number of anilines is 2. The van der Waals surface area contributed by atoms with Gasteiger partial charge in [0.05, 0.1) is 23.4 Å². The van der Waals surface area contributed by atoms with E-state index in [9.17, 15) is 18.5 Å².